The molecule has 174 valence electrons. The number of benzene rings is 1. The van der Waals surface area contributed by atoms with Gasteiger partial charge in [-0.15, -0.1) is 10.2 Å². The number of phenolic OH excluding ortho intramolecular Hbond substituents is 1. The number of rotatable bonds is 4. The minimum absolute atomic E-state index is 0.0475. The molecule has 0 saturated carbocycles. The number of nitrogens with one attached hydrogen (secondary N) is 2. The molecule has 0 spiro atoms. The zero-order chi connectivity index (χ0) is 24.0. The number of phenols is 1. The van der Waals surface area contributed by atoms with Crippen molar-refractivity contribution in [3.63, 3.8) is 0 Å². The van der Waals surface area contributed by atoms with Gasteiger partial charge in [0.2, 0.25) is 0 Å². The molecule has 0 amide bonds. The lowest BCUT2D eigenvalue weighted by Crippen LogP contribution is -2.62. The monoisotopic (exact) mass is 447 g/mol. The van der Waals surface area contributed by atoms with Crippen molar-refractivity contribution < 1.29 is 5.11 Å². The highest BCUT2D eigenvalue weighted by molar-refractivity contribution is 5.74. The molecule has 3 aromatic rings. The third-order valence-corrected chi connectivity index (χ3v) is 6.42. The average Bonchev–Trinajstić information content (AvgIpc) is 2.73. The second-order valence-electron chi connectivity index (χ2n) is 10.5. The third kappa shape index (κ3) is 4.93. The SMILES string of the molecule is Cc1cc(-c2ccc(-c3ccc(N(C)C4CC(C)(C)NC(C)(C)C4)nn3)c(O)c2)c[nH]c1=O. The lowest BCUT2D eigenvalue weighted by Gasteiger charge is -2.49. The van der Waals surface area contributed by atoms with Crippen molar-refractivity contribution in [2.75, 3.05) is 11.9 Å². The van der Waals surface area contributed by atoms with E-state index in [1.54, 1.807) is 25.3 Å². The van der Waals surface area contributed by atoms with Crippen LogP contribution in [0.3, 0.4) is 0 Å². The molecule has 0 unspecified atom stereocenters. The van der Waals surface area contributed by atoms with Gasteiger partial charge < -0.3 is 20.3 Å². The molecule has 7 heteroatoms. The fourth-order valence-corrected chi connectivity index (χ4v) is 5.08. The Balaban J connectivity index is 1.55. The van der Waals surface area contributed by atoms with Crippen LogP contribution in [-0.2, 0) is 0 Å². The van der Waals surface area contributed by atoms with E-state index in [1.165, 1.54) is 0 Å². The quantitative estimate of drug-likeness (QED) is 0.553. The first-order valence-corrected chi connectivity index (χ1v) is 11.3. The van der Waals surface area contributed by atoms with Crippen molar-refractivity contribution in [2.24, 2.45) is 0 Å². The standard InChI is InChI=1S/C26H33N5O2/c1-16-11-18(15-27-24(16)33)17-7-8-20(22(32)12-17)21-9-10-23(29-28-21)31(6)19-13-25(2,3)30-26(4,5)14-19/h7-12,15,19,30,32H,13-14H2,1-6H3,(H,27,33). The predicted molar refractivity (Wildman–Crippen MR) is 133 cm³/mol. The summed E-state index contributed by atoms with van der Waals surface area (Å²) in [4.78, 5) is 16.6. The van der Waals surface area contributed by atoms with Crippen LogP contribution < -0.4 is 15.8 Å². The predicted octanol–water partition coefficient (Wildman–Crippen LogP) is 4.26. The molecule has 1 aromatic carbocycles. The largest absolute Gasteiger partial charge is 0.507 e. The second-order valence-corrected chi connectivity index (χ2v) is 10.5. The number of piperidine rings is 1. The Bertz CT molecular complexity index is 1200. The molecule has 1 fully saturated rings. The number of aromatic nitrogens is 3. The van der Waals surface area contributed by atoms with E-state index >= 15 is 0 Å². The number of H-pyrrole nitrogens is 1. The zero-order valence-corrected chi connectivity index (χ0v) is 20.2. The molecule has 4 rings (SSSR count). The smallest absolute Gasteiger partial charge is 0.250 e. The number of aryl methyl sites for hydroxylation is 1. The van der Waals surface area contributed by atoms with Crippen LogP contribution in [0, 0.1) is 6.92 Å². The van der Waals surface area contributed by atoms with E-state index in [4.69, 9.17) is 0 Å². The molecule has 3 N–H and O–H groups in total. The number of hydrogen-bond donors (Lipinski definition) is 3. The van der Waals surface area contributed by atoms with Crippen LogP contribution in [0.1, 0.15) is 46.1 Å². The minimum Gasteiger partial charge on any atom is -0.507 e. The highest BCUT2D eigenvalue weighted by Gasteiger charge is 2.39. The minimum atomic E-state index is -0.114. The van der Waals surface area contributed by atoms with Crippen LogP contribution in [0.25, 0.3) is 22.4 Å². The van der Waals surface area contributed by atoms with Gasteiger partial charge in [-0.3, -0.25) is 4.79 Å². The molecule has 1 aliphatic rings. The van der Waals surface area contributed by atoms with E-state index in [9.17, 15) is 9.90 Å². The number of hydrogen-bond acceptors (Lipinski definition) is 6. The second kappa shape index (κ2) is 8.30. The van der Waals surface area contributed by atoms with E-state index in [-0.39, 0.29) is 22.4 Å². The maximum Gasteiger partial charge on any atom is 0.250 e. The van der Waals surface area contributed by atoms with E-state index in [0.29, 0.717) is 22.9 Å². The van der Waals surface area contributed by atoms with Gasteiger partial charge in [-0.25, -0.2) is 0 Å². The molecule has 0 radical (unpaired) electrons. The van der Waals surface area contributed by atoms with Gasteiger partial charge in [0, 0.05) is 41.5 Å². The van der Waals surface area contributed by atoms with Crippen molar-refractivity contribution in [3.05, 3.63) is 58.5 Å². The van der Waals surface area contributed by atoms with Gasteiger partial charge in [-0.2, -0.15) is 0 Å². The number of pyridine rings is 1. The summed E-state index contributed by atoms with van der Waals surface area (Å²) < 4.78 is 0. The molecule has 1 aliphatic heterocycles. The summed E-state index contributed by atoms with van der Waals surface area (Å²) in [5, 5.41) is 23.3. The Kier molecular flexibility index (Phi) is 5.78. The molecular weight excluding hydrogens is 414 g/mol. The fourth-order valence-electron chi connectivity index (χ4n) is 5.08. The van der Waals surface area contributed by atoms with E-state index in [0.717, 1.165) is 29.8 Å². The molecule has 1 saturated heterocycles. The van der Waals surface area contributed by atoms with Gasteiger partial charge in [0.25, 0.3) is 5.56 Å². The lowest BCUT2D eigenvalue weighted by atomic mass is 9.79. The first-order valence-electron chi connectivity index (χ1n) is 11.3. The summed E-state index contributed by atoms with van der Waals surface area (Å²) in [6.45, 7) is 10.7. The van der Waals surface area contributed by atoms with Crippen LogP contribution in [0.15, 0.2) is 47.4 Å². The molecule has 33 heavy (non-hydrogen) atoms. The topological polar surface area (TPSA) is 94.1 Å². The molecule has 0 aliphatic carbocycles. The number of aromatic amines is 1. The summed E-state index contributed by atoms with van der Waals surface area (Å²) in [7, 11) is 2.07. The van der Waals surface area contributed by atoms with E-state index in [1.807, 2.05) is 24.3 Å². The Morgan fingerprint density at radius 2 is 1.70 bits per heavy atom. The van der Waals surface area contributed by atoms with Gasteiger partial charge in [0.15, 0.2) is 5.82 Å². The first kappa shape index (κ1) is 23.0. The number of aromatic hydroxyl groups is 1. The summed E-state index contributed by atoms with van der Waals surface area (Å²) >= 11 is 0. The Labute approximate surface area is 194 Å². The Morgan fingerprint density at radius 3 is 2.27 bits per heavy atom. The van der Waals surface area contributed by atoms with Crippen molar-refractivity contribution in [3.8, 4) is 28.1 Å². The van der Waals surface area contributed by atoms with Crippen LogP contribution >= 0.6 is 0 Å². The maximum atomic E-state index is 11.6. The van der Waals surface area contributed by atoms with Crippen molar-refractivity contribution in [2.45, 2.75) is 64.6 Å². The lowest BCUT2D eigenvalue weighted by molar-refractivity contribution is 0.160. The van der Waals surface area contributed by atoms with Crippen LogP contribution in [0.4, 0.5) is 5.82 Å². The van der Waals surface area contributed by atoms with Gasteiger partial charge in [0.1, 0.15) is 5.75 Å². The highest BCUT2D eigenvalue weighted by atomic mass is 16.3. The molecule has 3 heterocycles. The summed E-state index contributed by atoms with van der Waals surface area (Å²) in [6, 6.07) is 11.4. The van der Waals surface area contributed by atoms with Crippen molar-refractivity contribution >= 4 is 5.82 Å². The van der Waals surface area contributed by atoms with Crippen LogP contribution in [-0.4, -0.2) is 44.5 Å². The van der Waals surface area contributed by atoms with Crippen molar-refractivity contribution in [1.29, 1.82) is 0 Å². The zero-order valence-electron chi connectivity index (χ0n) is 20.2. The molecule has 2 aromatic heterocycles. The highest BCUT2D eigenvalue weighted by Crippen LogP contribution is 2.34. The van der Waals surface area contributed by atoms with E-state index in [2.05, 4.69) is 60.1 Å². The number of anilines is 1. The maximum absolute atomic E-state index is 11.6. The van der Waals surface area contributed by atoms with Gasteiger partial charge in [-0.05, 0) is 88.9 Å². The molecule has 0 atom stereocenters. The Morgan fingerprint density at radius 1 is 1.00 bits per heavy atom. The van der Waals surface area contributed by atoms with Gasteiger partial charge >= 0.3 is 0 Å². The average molecular weight is 448 g/mol. The molecule has 0 bridgehead atoms. The van der Waals surface area contributed by atoms with Crippen molar-refractivity contribution in [1.82, 2.24) is 20.5 Å². The Hall–Kier alpha value is -3.19. The van der Waals surface area contributed by atoms with Crippen LogP contribution in [0.5, 0.6) is 5.75 Å². The fraction of sp³-hybridized carbons (Fsp3) is 0.423. The summed E-state index contributed by atoms with van der Waals surface area (Å²) in [5.74, 6) is 0.936. The third-order valence-electron chi connectivity index (χ3n) is 6.42. The number of nitrogens with zero attached hydrogens (tertiary/aromatic N) is 3. The van der Waals surface area contributed by atoms with Crippen LogP contribution in [0.2, 0.25) is 0 Å². The van der Waals surface area contributed by atoms with Gasteiger partial charge in [0.05, 0.1) is 5.69 Å². The van der Waals surface area contributed by atoms with Gasteiger partial charge in [-0.1, -0.05) is 6.07 Å². The van der Waals surface area contributed by atoms with E-state index < -0.39 is 0 Å². The molecule has 7 nitrogen and oxygen atoms in total. The normalized spacial score (nSPS) is 17.6. The molecular formula is C26H33N5O2. The summed E-state index contributed by atoms with van der Waals surface area (Å²) in [6.07, 6.45) is 3.68. The first-order chi connectivity index (χ1) is 15.4. The summed E-state index contributed by atoms with van der Waals surface area (Å²) in [5.41, 5.74) is 3.49.